The first-order chi connectivity index (χ1) is 28.2. The molecule has 3 heterocycles. The Morgan fingerprint density at radius 2 is 1.03 bits per heavy atom. The van der Waals surface area contributed by atoms with Gasteiger partial charge in [0.05, 0.1) is 11.0 Å². The lowest BCUT2D eigenvalue weighted by Gasteiger charge is -2.42. The van der Waals surface area contributed by atoms with Crippen LogP contribution in [0.2, 0.25) is 0 Å². The van der Waals surface area contributed by atoms with E-state index in [-0.39, 0.29) is 10.8 Å². The maximum Gasteiger partial charge on any atom is 0.164 e. The normalized spacial score (nSPS) is 14.7. The van der Waals surface area contributed by atoms with Crippen molar-refractivity contribution in [3.05, 3.63) is 169 Å². The Hall–Kier alpha value is -6.85. The van der Waals surface area contributed by atoms with Crippen LogP contribution in [-0.4, -0.2) is 19.5 Å². The Kier molecular flexibility index (Phi) is 7.61. The maximum absolute atomic E-state index is 6.33. The predicted molar refractivity (Wildman–Crippen MR) is 238 cm³/mol. The Labute approximate surface area is 337 Å². The lowest BCUT2D eigenvalue weighted by Crippen LogP contribution is -2.33. The summed E-state index contributed by atoms with van der Waals surface area (Å²) < 4.78 is 8.76. The van der Waals surface area contributed by atoms with Gasteiger partial charge < -0.3 is 8.98 Å². The van der Waals surface area contributed by atoms with Crippen molar-refractivity contribution < 1.29 is 4.42 Å². The highest BCUT2D eigenvalue weighted by atomic mass is 16.3. The van der Waals surface area contributed by atoms with Crippen molar-refractivity contribution in [3.8, 4) is 51.0 Å². The second-order valence-corrected chi connectivity index (χ2v) is 17.1. The van der Waals surface area contributed by atoms with Crippen LogP contribution in [0.3, 0.4) is 0 Å². The molecule has 1 aliphatic carbocycles. The van der Waals surface area contributed by atoms with Gasteiger partial charge in [-0.25, -0.2) is 15.0 Å². The summed E-state index contributed by atoms with van der Waals surface area (Å²) in [6.45, 7) is 9.61. The molecule has 3 aromatic heterocycles. The van der Waals surface area contributed by atoms with E-state index >= 15 is 0 Å². The molecule has 0 radical (unpaired) electrons. The van der Waals surface area contributed by atoms with Crippen LogP contribution in [0.15, 0.2) is 162 Å². The zero-order valence-corrected chi connectivity index (χ0v) is 33.1. The second-order valence-electron chi connectivity index (χ2n) is 17.1. The molecule has 0 fully saturated rings. The minimum absolute atomic E-state index is 0.0824. The molecule has 0 amide bonds. The summed E-state index contributed by atoms with van der Waals surface area (Å²) in [6, 6.07) is 55.6. The molecule has 0 saturated carbocycles. The smallest absolute Gasteiger partial charge is 0.164 e. The zero-order valence-electron chi connectivity index (χ0n) is 33.1. The number of hydrogen-bond donors (Lipinski definition) is 0. The first kappa shape index (κ1) is 34.4. The van der Waals surface area contributed by atoms with Crippen LogP contribution >= 0.6 is 0 Å². The summed E-state index contributed by atoms with van der Waals surface area (Å²) in [7, 11) is 0. The molecular formula is C53H42N4O. The molecule has 58 heavy (non-hydrogen) atoms. The molecule has 1 aliphatic rings. The first-order valence-corrected chi connectivity index (χ1v) is 20.2. The van der Waals surface area contributed by atoms with E-state index in [9.17, 15) is 0 Å². The van der Waals surface area contributed by atoms with Gasteiger partial charge in [-0.05, 0) is 88.4 Å². The highest BCUT2D eigenvalue weighted by Crippen LogP contribution is 2.49. The molecule has 5 heteroatoms. The van der Waals surface area contributed by atoms with E-state index in [2.05, 4.69) is 154 Å². The fourth-order valence-corrected chi connectivity index (χ4v) is 9.35. The molecule has 0 N–H and O–H groups in total. The lowest BCUT2D eigenvalue weighted by atomic mass is 9.63. The molecule has 280 valence electrons. The average molecular weight is 751 g/mol. The minimum Gasteiger partial charge on any atom is -0.456 e. The van der Waals surface area contributed by atoms with Crippen molar-refractivity contribution >= 4 is 43.7 Å². The van der Waals surface area contributed by atoms with Gasteiger partial charge in [0.25, 0.3) is 0 Å². The van der Waals surface area contributed by atoms with Gasteiger partial charge in [0.2, 0.25) is 0 Å². The number of benzene rings is 7. The van der Waals surface area contributed by atoms with Crippen molar-refractivity contribution in [3.63, 3.8) is 0 Å². The second kappa shape index (κ2) is 12.8. The number of nitrogens with zero attached hydrogens (tertiary/aromatic N) is 4. The topological polar surface area (TPSA) is 56.7 Å². The number of para-hydroxylation sites is 2. The number of furan rings is 1. The van der Waals surface area contributed by atoms with Crippen molar-refractivity contribution in [2.45, 2.75) is 51.4 Å². The van der Waals surface area contributed by atoms with Crippen LogP contribution in [0.25, 0.3) is 94.7 Å². The van der Waals surface area contributed by atoms with Gasteiger partial charge in [0, 0.05) is 43.9 Å². The summed E-state index contributed by atoms with van der Waals surface area (Å²) in [4.78, 5) is 15.9. The largest absolute Gasteiger partial charge is 0.456 e. The Bertz CT molecular complexity index is 3240. The number of rotatable bonds is 5. The van der Waals surface area contributed by atoms with Crippen molar-refractivity contribution in [1.29, 1.82) is 0 Å². The predicted octanol–water partition coefficient (Wildman–Crippen LogP) is 13.9. The fraction of sp³-hybridized carbons (Fsp3) is 0.151. The van der Waals surface area contributed by atoms with Gasteiger partial charge >= 0.3 is 0 Å². The molecule has 11 rings (SSSR count). The van der Waals surface area contributed by atoms with Crippen LogP contribution < -0.4 is 0 Å². The summed E-state index contributed by atoms with van der Waals surface area (Å²) in [5.41, 5.74) is 13.1. The van der Waals surface area contributed by atoms with Crippen LogP contribution in [-0.2, 0) is 10.8 Å². The van der Waals surface area contributed by atoms with Gasteiger partial charge in [0.15, 0.2) is 17.5 Å². The molecule has 0 spiro atoms. The Balaban J connectivity index is 1.15. The van der Waals surface area contributed by atoms with E-state index in [1.807, 2.05) is 36.4 Å². The maximum atomic E-state index is 6.33. The van der Waals surface area contributed by atoms with Crippen LogP contribution in [0.5, 0.6) is 0 Å². The van der Waals surface area contributed by atoms with E-state index < -0.39 is 0 Å². The van der Waals surface area contributed by atoms with E-state index in [4.69, 9.17) is 19.4 Å². The highest BCUT2D eigenvalue weighted by Gasteiger charge is 2.38. The number of fused-ring (bicyclic) bond motifs is 7. The van der Waals surface area contributed by atoms with E-state index in [0.717, 1.165) is 61.9 Å². The summed E-state index contributed by atoms with van der Waals surface area (Å²) in [5.74, 6) is 1.82. The molecule has 0 bridgehead atoms. The quantitative estimate of drug-likeness (QED) is 0.176. The molecule has 0 aliphatic heterocycles. The summed E-state index contributed by atoms with van der Waals surface area (Å²) in [5, 5.41) is 4.57. The molecular weight excluding hydrogens is 709 g/mol. The van der Waals surface area contributed by atoms with Gasteiger partial charge in [0.1, 0.15) is 11.2 Å². The molecule has 10 aromatic rings. The third kappa shape index (κ3) is 5.41. The van der Waals surface area contributed by atoms with E-state index in [1.165, 1.54) is 39.4 Å². The third-order valence-electron chi connectivity index (χ3n) is 12.5. The monoisotopic (exact) mass is 750 g/mol. The van der Waals surface area contributed by atoms with E-state index in [0.29, 0.717) is 17.5 Å². The van der Waals surface area contributed by atoms with Gasteiger partial charge in [-0.1, -0.05) is 143 Å². The van der Waals surface area contributed by atoms with Gasteiger partial charge in [-0.15, -0.1) is 0 Å². The van der Waals surface area contributed by atoms with Gasteiger partial charge in [-0.2, -0.15) is 0 Å². The molecule has 0 atom stereocenters. The molecule has 0 saturated heterocycles. The van der Waals surface area contributed by atoms with E-state index in [1.54, 1.807) is 0 Å². The van der Waals surface area contributed by atoms with Crippen LogP contribution in [0, 0.1) is 0 Å². The van der Waals surface area contributed by atoms with Crippen LogP contribution in [0.1, 0.15) is 51.7 Å². The zero-order chi connectivity index (χ0) is 39.2. The third-order valence-corrected chi connectivity index (χ3v) is 12.5. The highest BCUT2D eigenvalue weighted by molar-refractivity contribution is 6.12. The minimum atomic E-state index is 0.0824. The Morgan fingerprint density at radius 3 is 1.84 bits per heavy atom. The van der Waals surface area contributed by atoms with Crippen molar-refractivity contribution in [1.82, 2.24) is 19.5 Å². The molecule has 0 unspecified atom stereocenters. The molecule has 5 nitrogen and oxygen atoms in total. The SMILES string of the molecule is CC1(C)CCC(C)(C)c2cc3c(cc21)c1ccccc1n3-c1cccc(-c2nc(-c3ccccc3-c3ccccc3)nc(-c3cccc4oc5ccccc5c34)n2)c1. The first-order valence-electron chi connectivity index (χ1n) is 20.2. The standard InChI is InChI=1S/C53H42N4O/c1-52(2)28-29-53(3,4)43-32-45-41(31-42(43)52)37-21-10-12-25-44(37)57(45)35-19-14-18-34(30-35)49-54-50(38-22-9-8-20-36(38)33-16-6-5-7-17-33)56-51(55-49)40-24-15-27-47-48(40)39-23-11-13-26-46(39)58-47/h5-27,30-32H,28-29H2,1-4H3. The van der Waals surface area contributed by atoms with Crippen LogP contribution in [0.4, 0.5) is 0 Å². The summed E-state index contributed by atoms with van der Waals surface area (Å²) >= 11 is 0. The summed E-state index contributed by atoms with van der Waals surface area (Å²) in [6.07, 6.45) is 2.34. The van der Waals surface area contributed by atoms with Gasteiger partial charge in [-0.3, -0.25) is 0 Å². The average Bonchev–Trinajstić information content (AvgIpc) is 3.81. The van der Waals surface area contributed by atoms with Crippen molar-refractivity contribution in [2.75, 3.05) is 0 Å². The lowest BCUT2D eigenvalue weighted by molar-refractivity contribution is 0.332. The molecule has 7 aromatic carbocycles. The fourth-order valence-electron chi connectivity index (χ4n) is 9.35. The Morgan fingerprint density at radius 1 is 0.448 bits per heavy atom. The van der Waals surface area contributed by atoms with Crippen molar-refractivity contribution in [2.24, 2.45) is 0 Å². The number of hydrogen-bond acceptors (Lipinski definition) is 4. The number of aromatic nitrogens is 4.